The average Bonchev–Trinajstić information content (AvgIpc) is 3.80. The number of aliphatic hydroxyl groups is 5. The molecule has 74 heavy (non-hydrogen) atoms. The van der Waals surface area contributed by atoms with Crippen molar-refractivity contribution in [2.75, 3.05) is 48.1 Å². The van der Waals surface area contributed by atoms with Gasteiger partial charge in [0.1, 0.15) is 48.8 Å². The monoisotopic (exact) mass is 1080 g/mol. The summed E-state index contributed by atoms with van der Waals surface area (Å²) in [6, 6.07) is 3.43. The van der Waals surface area contributed by atoms with Gasteiger partial charge in [-0.2, -0.15) is 13.2 Å². The standard InChI is InChI=1S/C52H85F4N5O12S/c1-15-40-51(10,67)44(63)32(6)60(12)26-28(2)23-49(8,66)46(30(4)41(31(5)47(65)72-40)39-24-50(9,69-14)45(64)33(7)71-39)73-48-42(62)37(22-29(3)70-48)59(11)21-20-35-27-61(58-57-35)38(25-53)43(68-13)34-16-18-36(19-17-34)74-52(54,55)56/h16-19,27-33,37-46,48,62-64,66-67H,15,20-26H2,1-14H3/t28-,29-,30+,31-,32-,33+,37+,38-,39?,40-,41+,42-,43-,44-,45+,46-,48+,49-,50-,51-/m1/s1. The minimum atomic E-state index is -4.46. The van der Waals surface area contributed by atoms with Crippen molar-refractivity contribution >= 4 is 17.7 Å². The van der Waals surface area contributed by atoms with E-state index in [4.69, 9.17) is 28.4 Å². The highest BCUT2D eigenvalue weighted by atomic mass is 32.2. The minimum absolute atomic E-state index is 0.0164. The van der Waals surface area contributed by atoms with Crippen LogP contribution in [0.4, 0.5) is 17.6 Å². The molecule has 0 saturated carbocycles. The van der Waals surface area contributed by atoms with Gasteiger partial charge < -0.3 is 63.8 Å². The molecule has 0 amide bonds. The second-order valence-corrected chi connectivity index (χ2v) is 23.3. The van der Waals surface area contributed by atoms with Gasteiger partial charge >= 0.3 is 11.5 Å². The fraction of sp³-hybridized carbons (Fsp3) is 0.827. The summed E-state index contributed by atoms with van der Waals surface area (Å²) in [4.78, 5) is 18.5. The van der Waals surface area contributed by atoms with E-state index in [0.29, 0.717) is 37.2 Å². The van der Waals surface area contributed by atoms with Gasteiger partial charge in [-0.25, -0.2) is 9.07 Å². The van der Waals surface area contributed by atoms with Crippen LogP contribution in [0.15, 0.2) is 35.4 Å². The van der Waals surface area contributed by atoms with Crippen LogP contribution in [0.25, 0.3) is 0 Å². The Balaban J connectivity index is 1.44. The quantitative estimate of drug-likeness (QED) is 0.0800. The summed E-state index contributed by atoms with van der Waals surface area (Å²) >= 11 is -0.247. The molecule has 0 spiro atoms. The first kappa shape index (κ1) is 62.3. The maximum Gasteiger partial charge on any atom is 0.446 e. The van der Waals surface area contributed by atoms with Crippen molar-refractivity contribution < 1.29 is 76.3 Å². The van der Waals surface area contributed by atoms with E-state index in [1.807, 2.05) is 44.7 Å². The van der Waals surface area contributed by atoms with Crippen LogP contribution in [-0.4, -0.2) is 194 Å². The molecule has 3 saturated heterocycles. The molecule has 1 unspecified atom stereocenters. The first-order valence-electron chi connectivity index (χ1n) is 25.9. The van der Waals surface area contributed by atoms with Crippen LogP contribution in [-0.2, 0) is 39.6 Å². The predicted molar refractivity (Wildman–Crippen MR) is 269 cm³/mol. The Morgan fingerprint density at radius 2 is 1.64 bits per heavy atom. The fourth-order valence-electron chi connectivity index (χ4n) is 11.9. The summed E-state index contributed by atoms with van der Waals surface area (Å²) < 4.78 is 92.7. The lowest BCUT2D eigenvalue weighted by molar-refractivity contribution is -0.302. The molecule has 424 valence electrons. The van der Waals surface area contributed by atoms with E-state index in [1.54, 1.807) is 47.7 Å². The number of cyclic esters (lactones) is 1. The highest BCUT2D eigenvalue weighted by molar-refractivity contribution is 8.00. The van der Waals surface area contributed by atoms with Gasteiger partial charge in [0, 0.05) is 69.2 Å². The van der Waals surface area contributed by atoms with Crippen molar-refractivity contribution in [2.45, 2.75) is 208 Å². The lowest BCUT2D eigenvalue weighted by Crippen LogP contribution is -2.62. The lowest BCUT2D eigenvalue weighted by Gasteiger charge is -2.51. The Hall–Kier alpha value is -2.58. The maximum absolute atomic E-state index is 14.7. The van der Waals surface area contributed by atoms with Gasteiger partial charge in [0.15, 0.2) is 6.29 Å². The fourth-order valence-corrected chi connectivity index (χ4v) is 12.5. The minimum Gasteiger partial charge on any atom is -0.459 e. The molecule has 3 aliphatic heterocycles. The van der Waals surface area contributed by atoms with Gasteiger partial charge in [0.25, 0.3) is 0 Å². The molecule has 2 aromatic rings. The van der Waals surface area contributed by atoms with E-state index in [0.717, 1.165) is 0 Å². The molecule has 0 aliphatic carbocycles. The molecule has 3 fully saturated rings. The molecule has 1 aromatic heterocycles. The average molecular weight is 1080 g/mol. The first-order valence-corrected chi connectivity index (χ1v) is 26.7. The summed E-state index contributed by atoms with van der Waals surface area (Å²) in [5.74, 6) is -3.41. The van der Waals surface area contributed by atoms with Gasteiger partial charge in [0.05, 0.1) is 47.2 Å². The normalized spacial score (nSPS) is 39.5. The molecule has 17 nitrogen and oxygen atoms in total. The van der Waals surface area contributed by atoms with Gasteiger partial charge in [-0.15, -0.1) is 5.10 Å². The number of esters is 1. The van der Waals surface area contributed by atoms with Gasteiger partial charge in [-0.05, 0) is 116 Å². The lowest BCUT2D eigenvalue weighted by atomic mass is 9.68. The van der Waals surface area contributed by atoms with Gasteiger partial charge in [0.2, 0.25) is 0 Å². The van der Waals surface area contributed by atoms with Crippen LogP contribution in [0.1, 0.15) is 118 Å². The molecule has 1 aromatic carbocycles. The van der Waals surface area contributed by atoms with Crippen LogP contribution >= 0.6 is 11.8 Å². The van der Waals surface area contributed by atoms with E-state index in [2.05, 4.69) is 10.3 Å². The highest BCUT2D eigenvalue weighted by Crippen LogP contribution is 2.45. The van der Waals surface area contributed by atoms with E-state index in [9.17, 15) is 47.9 Å². The number of carbonyl (C=O) groups is 1. The number of ether oxygens (including phenoxy) is 6. The summed E-state index contributed by atoms with van der Waals surface area (Å²) in [6.07, 6.45) is -7.14. The number of likely N-dealkylation sites (N-methyl/N-ethyl adjacent to an activating group) is 2. The zero-order chi connectivity index (χ0) is 55.4. The molecule has 5 rings (SSSR count). The third-order valence-corrected chi connectivity index (χ3v) is 17.0. The molecule has 20 atom stereocenters. The number of hydrogen-bond donors (Lipinski definition) is 5. The molecule has 3 aliphatic rings. The number of aliphatic hydroxyl groups excluding tert-OH is 3. The first-order chi connectivity index (χ1) is 34.4. The number of hydrogen-bond acceptors (Lipinski definition) is 17. The molecule has 0 radical (unpaired) electrons. The summed E-state index contributed by atoms with van der Waals surface area (Å²) in [5.41, 5.74) is -8.09. The Morgan fingerprint density at radius 1 is 0.986 bits per heavy atom. The second kappa shape index (κ2) is 25.5. The van der Waals surface area contributed by atoms with Gasteiger partial charge in [-0.1, -0.05) is 45.0 Å². The number of thioether (sulfide) groups is 1. The Labute approximate surface area is 438 Å². The van der Waals surface area contributed by atoms with Crippen molar-refractivity contribution in [2.24, 2.45) is 23.7 Å². The molecule has 4 heterocycles. The third kappa shape index (κ3) is 14.6. The number of carbonyl (C=O) groups excluding carboxylic acids is 1. The van der Waals surface area contributed by atoms with Crippen LogP contribution in [0.2, 0.25) is 0 Å². The van der Waals surface area contributed by atoms with E-state index >= 15 is 0 Å². The number of rotatable bonds is 15. The smallest absolute Gasteiger partial charge is 0.446 e. The van der Waals surface area contributed by atoms with Crippen LogP contribution < -0.4 is 0 Å². The number of halogens is 4. The Kier molecular flexibility index (Phi) is 21.4. The Bertz CT molecular complexity index is 2080. The zero-order valence-electron chi connectivity index (χ0n) is 45.6. The Morgan fingerprint density at radius 3 is 2.22 bits per heavy atom. The van der Waals surface area contributed by atoms with E-state index in [-0.39, 0.29) is 41.8 Å². The SMILES string of the molecule is CC[C@H]1OC(=O)[C@H](C)[C@@H](C2C[C@@](C)(OC)[C@@H](O)[C@H](C)O2)[C@H](C)[C@@H](O[C@@H]2O[C@H](C)C[C@H](N(C)CCc3cn([C@H](CF)[C@H](OC)c4ccc(SC(F)(F)F)cc4)nn3)[C@H]2O)[C@](C)(O)C[C@@H](C)CN(C)[C@H](C)[C@@H](O)[C@]1(C)O. The van der Waals surface area contributed by atoms with Crippen molar-refractivity contribution in [3.8, 4) is 0 Å². The summed E-state index contributed by atoms with van der Waals surface area (Å²) in [6.45, 7) is 17.4. The van der Waals surface area contributed by atoms with Crippen molar-refractivity contribution in [3.05, 3.63) is 41.7 Å². The van der Waals surface area contributed by atoms with Crippen LogP contribution in [0, 0.1) is 23.7 Å². The highest BCUT2D eigenvalue weighted by Gasteiger charge is 2.55. The largest absolute Gasteiger partial charge is 0.459 e. The topological polar surface area (TPSA) is 211 Å². The van der Waals surface area contributed by atoms with Crippen molar-refractivity contribution in [1.82, 2.24) is 24.8 Å². The van der Waals surface area contributed by atoms with Crippen molar-refractivity contribution in [3.63, 3.8) is 0 Å². The third-order valence-electron chi connectivity index (χ3n) is 16.3. The number of nitrogens with zero attached hydrogens (tertiary/aromatic N) is 5. The molecular weight excluding hydrogens is 995 g/mol. The molecule has 22 heteroatoms. The zero-order valence-corrected chi connectivity index (χ0v) is 46.4. The molecular formula is C52H85F4N5O12S. The second-order valence-electron chi connectivity index (χ2n) is 22.2. The predicted octanol–water partition coefficient (Wildman–Crippen LogP) is 5.89. The molecule has 0 bridgehead atoms. The van der Waals surface area contributed by atoms with Gasteiger partial charge in [-0.3, -0.25) is 4.79 Å². The van der Waals surface area contributed by atoms with Crippen molar-refractivity contribution in [1.29, 1.82) is 0 Å². The number of alkyl halides is 4. The number of aromatic nitrogens is 3. The van der Waals surface area contributed by atoms with E-state index in [1.165, 1.54) is 50.1 Å². The number of methoxy groups -OCH3 is 2. The maximum atomic E-state index is 14.7. The summed E-state index contributed by atoms with van der Waals surface area (Å²) in [5, 5.41) is 68.6. The van der Waals surface area contributed by atoms with Crippen LogP contribution in [0.3, 0.4) is 0 Å². The number of benzene rings is 1. The summed E-state index contributed by atoms with van der Waals surface area (Å²) in [7, 11) is 6.54. The molecule has 5 N–H and O–H groups in total. The van der Waals surface area contributed by atoms with E-state index < -0.39 is 132 Å². The van der Waals surface area contributed by atoms with Crippen LogP contribution in [0.5, 0.6) is 0 Å².